The van der Waals surface area contributed by atoms with Crippen LogP contribution in [0.4, 0.5) is 0 Å². The molecule has 1 aliphatic rings. The van der Waals surface area contributed by atoms with Gasteiger partial charge in [-0.25, -0.2) is 5.14 Å². The lowest BCUT2D eigenvalue weighted by Crippen LogP contribution is -2.36. The zero-order valence-corrected chi connectivity index (χ0v) is 9.70. The molecule has 1 fully saturated rings. The predicted molar refractivity (Wildman–Crippen MR) is 55.3 cm³/mol. The monoisotopic (exact) mass is 238 g/mol. The van der Waals surface area contributed by atoms with Crippen LogP contribution in [0.15, 0.2) is 0 Å². The Labute approximate surface area is 90.5 Å². The Hall–Kier alpha value is -0.210. The molecule has 6 nitrogen and oxygen atoms in total. The molecule has 2 N–H and O–H groups in total. The second-order valence-corrected chi connectivity index (χ2v) is 5.19. The summed E-state index contributed by atoms with van der Waals surface area (Å²) in [5.74, 6) is 0. The maximum atomic E-state index is 10.8. The van der Waals surface area contributed by atoms with E-state index in [1.54, 1.807) is 0 Å². The van der Waals surface area contributed by atoms with Crippen LogP contribution in [0.25, 0.3) is 0 Å². The second-order valence-electron chi connectivity index (χ2n) is 3.53. The summed E-state index contributed by atoms with van der Waals surface area (Å²) in [6, 6.07) is 0. The van der Waals surface area contributed by atoms with Crippen LogP contribution in [0, 0.1) is 0 Å². The maximum absolute atomic E-state index is 10.8. The number of nitrogens with two attached hydrogens (primary N) is 1. The van der Waals surface area contributed by atoms with E-state index < -0.39 is 10.2 Å². The molecule has 1 aliphatic heterocycles. The molecule has 7 heteroatoms. The van der Waals surface area contributed by atoms with E-state index in [9.17, 15) is 8.42 Å². The molecule has 1 rings (SSSR count). The zero-order valence-electron chi connectivity index (χ0n) is 8.89. The molecular weight excluding hydrogens is 220 g/mol. The van der Waals surface area contributed by atoms with Crippen LogP contribution in [0.5, 0.6) is 0 Å². The van der Waals surface area contributed by atoms with Crippen molar-refractivity contribution in [3.63, 3.8) is 0 Å². The van der Waals surface area contributed by atoms with E-state index in [1.165, 1.54) is 7.05 Å². The lowest BCUT2D eigenvalue weighted by Gasteiger charge is -2.23. The van der Waals surface area contributed by atoms with Gasteiger partial charge in [-0.1, -0.05) is 0 Å². The van der Waals surface area contributed by atoms with Crippen molar-refractivity contribution >= 4 is 10.2 Å². The first-order chi connectivity index (χ1) is 7.00. The van der Waals surface area contributed by atoms with Crippen molar-refractivity contribution in [3.8, 4) is 0 Å². The summed E-state index contributed by atoms with van der Waals surface area (Å²) in [5.41, 5.74) is 0. The molecule has 1 heterocycles. The van der Waals surface area contributed by atoms with Gasteiger partial charge in [0, 0.05) is 20.2 Å². The molecule has 0 aromatic carbocycles. The van der Waals surface area contributed by atoms with Gasteiger partial charge in [0.2, 0.25) is 0 Å². The van der Waals surface area contributed by atoms with Crippen molar-refractivity contribution in [3.05, 3.63) is 0 Å². The van der Waals surface area contributed by atoms with Crippen molar-refractivity contribution in [1.29, 1.82) is 0 Å². The zero-order chi connectivity index (χ0) is 11.3. The normalized spacial score (nSPS) is 23.3. The minimum Gasteiger partial charge on any atom is -0.353 e. The van der Waals surface area contributed by atoms with Gasteiger partial charge >= 0.3 is 0 Å². The van der Waals surface area contributed by atoms with Crippen molar-refractivity contribution in [2.24, 2.45) is 5.14 Å². The molecule has 0 saturated carbocycles. The van der Waals surface area contributed by atoms with Gasteiger partial charge in [0.15, 0.2) is 6.29 Å². The third-order valence-electron chi connectivity index (χ3n) is 2.28. The topological polar surface area (TPSA) is 81.9 Å². The second kappa shape index (κ2) is 5.76. The Balaban J connectivity index is 2.15. The van der Waals surface area contributed by atoms with Gasteiger partial charge in [-0.15, -0.1) is 0 Å². The summed E-state index contributed by atoms with van der Waals surface area (Å²) in [6.07, 6.45) is 2.85. The first-order valence-electron chi connectivity index (χ1n) is 4.97. The SMILES string of the molecule is CN(CCOC1CCCCO1)S(N)(=O)=O. The van der Waals surface area contributed by atoms with Crippen LogP contribution in [0.2, 0.25) is 0 Å². The summed E-state index contributed by atoms with van der Waals surface area (Å²) in [7, 11) is -2.18. The van der Waals surface area contributed by atoms with E-state index in [-0.39, 0.29) is 12.8 Å². The molecule has 1 saturated heterocycles. The molecule has 0 aliphatic carbocycles. The van der Waals surface area contributed by atoms with Crippen molar-refractivity contribution in [1.82, 2.24) is 4.31 Å². The fourth-order valence-corrected chi connectivity index (χ4v) is 1.61. The van der Waals surface area contributed by atoms with Crippen LogP contribution >= 0.6 is 0 Å². The van der Waals surface area contributed by atoms with E-state index in [4.69, 9.17) is 14.6 Å². The molecule has 90 valence electrons. The summed E-state index contributed by atoms with van der Waals surface area (Å²) in [4.78, 5) is 0. The maximum Gasteiger partial charge on any atom is 0.276 e. The molecule has 0 aromatic rings. The Kier molecular flexibility index (Phi) is 4.94. The van der Waals surface area contributed by atoms with Gasteiger partial charge in [-0.05, 0) is 19.3 Å². The highest BCUT2D eigenvalue weighted by atomic mass is 32.2. The summed E-state index contributed by atoms with van der Waals surface area (Å²) in [5, 5.41) is 4.91. The number of likely N-dealkylation sites (N-methyl/N-ethyl adjacent to an activating group) is 1. The van der Waals surface area contributed by atoms with Crippen LogP contribution in [0.1, 0.15) is 19.3 Å². The number of ether oxygens (including phenoxy) is 2. The smallest absolute Gasteiger partial charge is 0.276 e. The van der Waals surface area contributed by atoms with Gasteiger partial charge in [0.05, 0.1) is 6.61 Å². The quantitative estimate of drug-likeness (QED) is 0.710. The molecule has 0 amide bonds. The van der Waals surface area contributed by atoms with Crippen molar-refractivity contribution in [2.75, 3.05) is 26.8 Å². The minimum absolute atomic E-state index is 0.187. The minimum atomic E-state index is -3.59. The molecular formula is C8H18N2O4S. The standard InChI is InChI=1S/C8H18N2O4S/c1-10(15(9,11)12)5-7-14-8-4-2-3-6-13-8/h8H,2-7H2,1H3,(H2,9,11,12). The third-order valence-corrected chi connectivity index (χ3v) is 3.33. The molecule has 0 bridgehead atoms. The Morgan fingerprint density at radius 3 is 2.80 bits per heavy atom. The molecule has 0 radical (unpaired) electrons. The van der Waals surface area contributed by atoms with E-state index in [0.717, 1.165) is 30.2 Å². The fraction of sp³-hybridized carbons (Fsp3) is 1.00. The van der Waals surface area contributed by atoms with Crippen LogP contribution in [-0.2, 0) is 19.7 Å². The first kappa shape index (κ1) is 12.9. The molecule has 15 heavy (non-hydrogen) atoms. The first-order valence-corrected chi connectivity index (χ1v) is 6.48. The van der Waals surface area contributed by atoms with Gasteiger partial charge < -0.3 is 9.47 Å². The average molecular weight is 238 g/mol. The highest BCUT2D eigenvalue weighted by Gasteiger charge is 2.15. The highest BCUT2D eigenvalue weighted by molar-refractivity contribution is 7.86. The Morgan fingerprint density at radius 1 is 1.53 bits per heavy atom. The van der Waals surface area contributed by atoms with Gasteiger partial charge in [0.25, 0.3) is 10.2 Å². The number of hydrogen-bond donors (Lipinski definition) is 1. The predicted octanol–water partition coefficient (Wildman–Crippen LogP) is -0.335. The van der Waals surface area contributed by atoms with Crippen LogP contribution < -0.4 is 5.14 Å². The van der Waals surface area contributed by atoms with Crippen LogP contribution in [-0.4, -0.2) is 45.8 Å². The molecule has 0 aromatic heterocycles. The van der Waals surface area contributed by atoms with E-state index in [1.807, 2.05) is 0 Å². The number of hydrogen-bond acceptors (Lipinski definition) is 4. The largest absolute Gasteiger partial charge is 0.353 e. The third kappa shape index (κ3) is 4.89. The van der Waals surface area contributed by atoms with E-state index >= 15 is 0 Å². The lowest BCUT2D eigenvalue weighted by molar-refractivity contribution is -0.162. The Bertz CT molecular complexity index is 274. The van der Waals surface area contributed by atoms with Gasteiger partial charge in [-0.3, -0.25) is 0 Å². The van der Waals surface area contributed by atoms with Crippen molar-refractivity contribution < 1.29 is 17.9 Å². The summed E-state index contributed by atoms with van der Waals surface area (Å²) >= 11 is 0. The number of nitrogens with zero attached hydrogens (tertiary/aromatic N) is 1. The highest BCUT2D eigenvalue weighted by Crippen LogP contribution is 2.13. The molecule has 1 unspecified atom stereocenters. The van der Waals surface area contributed by atoms with Crippen LogP contribution in [0.3, 0.4) is 0 Å². The molecule has 1 atom stereocenters. The van der Waals surface area contributed by atoms with Gasteiger partial charge in [-0.2, -0.15) is 12.7 Å². The fourth-order valence-electron chi connectivity index (χ4n) is 1.28. The summed E-state index contributed by atoms with van der Waals surface area (Å²) in [6.45, 7) is 1.27. The van der Waals surface area contributed by atoms with E-state index in [0.29, 0.717) is 6.61 Å². The molecule has 0 spiro atoms. The average Bonchev–Trinajstić information content (AvgIpc) is 2.18. The van der Waals surface area contributed by atoms with Crippen molar-refractivity contribution in [2.45, 2.75) is 25.6 Å². The number of rotatable bonds is 5. The Morgan fingerprint density at radius 2 is 2.27 bits per heavy atom. The lowest BCUT2D eigenvalue weighted by atomic mass is 10.2. The summed E-state index contributed by atoms with van der Waals surface area (Å²) < 4.78 is 33.4. The van der Waals surface area contributed by atoms with Gasteiger partial charge in [0.1, 0.15) is 0 Å². The van der Waals surface area contributed by atoms with E-state index in [2.05, 4.69) is 0 Å².